The van der Waals surface area contributed by atoms with Gasteiger partial charge in [-0.3, -0.25) is 0 Å². The Kier molecular flexibility index (Phi) is 9.24. The van der Waals surface area contributed by atoms with Gasteiger partial charge < -0.3 is 24.0 Å². The molecule has 7 heteroatoms. The summed E-state index contributed by atoms with van der Waals surface area (Å²) in [4.78, 5) is 4.93. The highest BCUT2D eigenvalue weighted by Crippen LogP contribution is 2.50. The number of hydrogen-bond acceptors (Lipinski definition) is 5. The van der Waals surface area contributed by atoms with Crippen molar-refractivity contribution in [3.8, 4) is 45.6 Å². The van der Waals surface area contributed by atoms with E-state index in [1.54, 1.807) is 0 Å². The Morgan fingerprint density at radius 1 is 0.420 bits per heavy atom. The number of rotatable bonds is 6. The normalized spacial score (nSPS) is 14.7. The Labute approximate surface area is 404 Å². The van der Waals surface area contributed by atoms with Crippen LogP contribution in [-0.4, -0.2) is 13.4 Å². The first-order chi connectivity index (χ1) is 34.1. The molecule has 1 saturated carbocycles. The first-order valence-electron chi connectivity index (χ1n) is 24.7. The van der Waals surface area contributed by atoms with Gasteiger partial charge in [-0.1, -0.05) is 135 Å². The zero-order valence-corrected chi connectivity index (χ0v) is 38.8. The molecule has 0 aromatic heterocycles. The maximum atomic E-state index is 7.38. The third-order valence-electron chi connectivity index (χ3n) is 15.4. The second-order valence-electron chi connectivity index (χ2n) is 19.5. The molecule has 330 valence electrons. The summed E-state index contributed by atoms with van der Waals surface area (Å²) < 4.78 is 21.4. The second-order valence-corrected chi connectivity index (χ2v) is 19.5. The Balaban J connectivity index is 1.05. The van der Waals surface area contributed by atoms with Crippen LogP contribution in [-0.2, 0) is 0 Å². The quantitative estimate of drug-likeness (QED) is 0.155. The SMILES string of the molecule is Cc1cccc(C)c1-c1cc2c3c(c1)Oc1cc4c(cc1B3c1ccccc1O2)B1c2ccccc2Oc2cc(N(c3ccccc3)c3ccccc3)cc(c21)N4c1ccccc1C1CCCCC1. The van der Waals surface area contributed by atoms with Crippen molar-refractivity contribution in [2.75, 3.05) is 9.80 Å². The number of para-hydroxylation sites is 5. The second kappa shape index (κ2) is 15.9. The lowest BCUT2D eigenvalue weighted by molar-refractivity contribution is 0.444. The molecule has 0 amide bonds. The van der Waals surface area contributed by atoms with Crippen LogP contribution in [0.4, 0.5) is 34.1 Å². The van der Waals surface area contributed by atoms with Crippen LogP contribution in [0.2, 0.25) is 0 Å². The third-order valence-corrected chi connectivity index (χ3v) is 15.4. The van der Waals surface area contributed by atoms with E-state index in [0.29, 0.717) is 5.92 Å². The Hall–Kier alpha value is -7.89. The van der Waals surface area contributed by atoms with Gasteiger partial charge in [0.05, 0.1) is 5.69 Å². The van der Waals surface area contributed by atoms with Crippen molar-refractivity contribution in [2.24, 2.45) is 0 Å². The van der Waals surface area contributed by atoms with Crippen molar-refractivity contribution in [1.29, 1.82) is 0 Å². The Bertz CT molecular complexity index is 3470. The van der Waals surface area contributed by atoms with E-state index in [9.17, 15) is 0 Å². The third kappa shape index (κ3) is 6.33. The van der Waals surface area contributed by atoms with Crippen LogP contribution in [0.1, 0.15) is 54.7 Å². The molecule has 9 aromatic rings. The molecule has 0 spiro atoms. The van der Waals surface area contributed by atoms with Gasteiger partial charge in [0, 0.05) is 46.0 Å². The van der Waals surface area contributed by atoms with Crippen molar-refractivity contribution >= 4 is 80.3 Å². The van der Waals surface area contributed by atoms with Crippen molar-refractivity contribution in [2.45, 2.75) is 51.9 Å². The first kappa shape index (κ1) is 40.2. The minimum atomic E-state index is -0.114. The van der Waals surface area contributed by atoms with Gasteiger partial charge in [-0.15, -0.1) is 0 Å². The fourth-order valence-electron chi connectivity index (χ4n) is 12.5. The lowest BCUT2D eigenvalue weighted by atomic mass is 9.31. The summed E-state index contributed by atoms with van der Waals surface area (Å²) in [6.07, 6.45) is 6.15. The van der Waals surface area contributed by atoms with Gasteiger partial charge in [0.15, 0.2) is 0 Å². The van der Waals surface area contributed by atoms with Crippen LogP contribution in [0.5, 0.6) is 34.5 Å². The van der Waals surface area contributed by atoms with Crippen LogP contribution in [0, 0.1) is 13.8 Å². The van der Waals surface area contributed by atoms with Crippen LogP contribution in [0.15, 0.2) is 188 Å². The molecule has 0 atom stereocenters. The van der Waals surface area contributed by atoms with E-state index in [-0.39, 0.29) is 13.4 Å². The zero-order valence-electron chi connectivity index (χ0n) is 38.8. The smallest absolute Gasteiger partial charge is 0.260 e. The molecule has 5 aliphatic rings. The van der Waals surface area contributed by atoms with E-state index >= 15 is 0 Å². The summed E-state index contributed by atoms with van der Waals surface area (Å²) in [7, 11) is 0. The van der Waals surface area contributed by atoms with Crippen molar-refractivity contribution in [1.82, 2.24) is 0 Å². The minimum Gasteiger partial charge on any atom is -0.458 e. The number of hydrogen-bond donors (Lipinski definition) is 0. The van der Waals surface area contributed by atoms with E-state index < -0.39 is 0 Å². The summed E-state index contributed by atoms with van der Waals surface area (Å²) >= 11 is 0. The van der Waals surface area contributed by atoms with Crippen LogP contribution in [0.25, 0.3) is 11.1 Å². The molecule has 1 aliphatic carbocycles. The van der Waals surface area contributed by atoms with Crippen molar-refractivity contribution < 1.29 is 14.2 Å². The number of anilines is 6. The number of benzene rings is 9. The average molecular weight is 891 g/mol. The number of aryl methyl sites for hydroxylation is 2. The molecular weight excluding hydrogens is 842 g/mol. The molecule has 9 aromatic carbocycles. The standard InChI is InChI=1S/C62H48B2N2O3/c1-39-19-18-20-40(2)60(39)42-33-57-62-58(34-42)69-56-38-52-49(37-50(56)64(62)48-29-14-17-32-55(48)67-57)63-47-28-13-16-31-54(47)68-59-36-45(65(43-23-8-4-9-24-43)44-25-10-5-11-26-44)35-53(61(59)63)66(52)51-30-15-12-27-46(51)41-21-6-3-7-22-41/h4-5,8-20,23-38,41H,3,6-7,21-22H2,1-2H3. The fourth-order valence-corrected chi connectivity index (χ4v) is 12.5. The van der Waals surface area contributed by atoms with E-state index in [2.05, 4.69) is 212 Å². The highest BCUT2D eigenvalue weighted by Gasteiger charge is 2.47. The number of fused-ring (bicyclic) bond motifs is 8. The summed E-state index contributed by atoms with van der Waals surface area (Å²) in [5, 5.41) is 0. The molecule has 1 fully saturated rings. The van der Waals surface area contributed by atoms with Gasteiger partial charge in [0.25, 0.3) is 13.4 Å². The minimum absolute atomic E-state index is 0.104. The predicted octanol–water partition coefficient (Wildman–Crippen LogP) is 12.6. The van der Waals surface area contributed by atoms with Crippen LogP contribution < -0.4 is 56.8 Å². The van der Waals surface area contributed by atoms with Crippen molar-refractivity contribution in [3.63, 3.8) is 0 Å². The van der Waals surface area contributed by atoms with E-state index in [4.69, 9.17) is 14.2 Å². The molecule has 4 heterocycles. The fraction of sp³-hybridized carbons (Fsp3) is 0.129. The predicted molar refractivity (Wildman–Crippen MR) is 285 cm³/mol. The van der Waals surface area contributed by atoms with Gasteiger partial charge >= 0.3 is 0 Å². The van der Waals surface area contributed by atoms with Gasteiger partial charge in [-0.2, -0.15) is 0 Å². The molecule has 0 unspecified atom stereocenters. The monoisotopic (exact) mass is 890 g/mol. The zero-order chi connectivity index (χ0) is 45.7. The molecule has 5 nitrogen and oxygen atoms in total. The molecule has 4 aliphatic heterocycles. The van der Waals surface area contributed by atoms with E-state index in [0.717, 1.165) is 90.3 Å². The van der Waals surface area contributed by atoms with Gasteiger partial charge in [0.1, 0.15) is 34.5 Å². The molecule has 0 radical (unpaired) electrons. The van der Waals surface area contributed by atoms with Gasteiger partial charge in [-0.25, -0.2) is 0 Å². The number of nitrogens with zero attached hydrogens (tertiary/aromatic N) is 2. The lowest BCUT2D eigenvalue weighted by Gasteiger charge is -2.43. The maximum Gasteiger partial charge on any atom is 0.260 e. The largest absolute Gasteiger partial charge is 0.458 e. The van der Waals surface area contributed by atoms with Gasteiger partial charge in [0.2, 0.25) is 0 Å². The average Bonchev–Trinajstić information content (AvgIpc) is 3.39. The highest BCUT2D eigenvalue weighted by molar-refractivity contribution is 7.01. The topological polar surface area (TPSA) is 34.2 Å². The first-order valence-corrected chi connectivity index (χ1v) is 24.7. The Morgan fingerprint density at radius 2 is 0.986 bits per heavy atom. The molecule has 69 heavy (non-hydrogen) atoms. The molecule has 0 saturated heterocycles. The van der Waals surface area contributed by atoms with Crippen LogP contribution >= 0.6 is 0 Å². The van der Waals surface area contributed by atoms with E-state index in [1.165, 1.54) is 71.0 Å². The molecular formula is C62H48B2N2O3. The summed E-state index contributed by atoms with van der Waals surface area (Å²) in [5.74, 6) is 5.63. The lowest BCUT2D eigenvalue weighted by Crippen LogP contribution is -2.62. The summed E-state index contributed by atoms with van der Waals surface area (Å²) in [6, 6.07) is 68.3. The maximum absolute atomic E-state index is 7.38. The van der Waals surface area contributed by atoms with Gasteiger partial charge in [-0.05, 0) is 148 Å². The van der Waals surface area contributed by atoms with Crippen molar-refractivity contribution in [3.05, 3.63) is 205 Å². The number of ether oxygens (including phenoxy) is 3. The van der Waals surface area contributed by atoms with Crippen LogP contribution in [0.3, 0.4) is 0 Å². The highest BCUT2D eigenvalue weighted by atomic mass is 16.5. The summed E-state index contributed by atoms with van der Waals surface area (Å²) in [5.41, 5.74) is 19.7. The summed E-state index contributed by atoms with van der Waals surface area (Å²) in [6.45, 7) is 4.16. The molecule has 0 bridgehead atoms. The molecule has 0 N–H and O–H groups in total. The van der Waals surface area contributed by atoms with E-state index in [1.807, 2.05) is 0 Å². The Morgan fingerprint density at radius 3 is 1.65 bits per heavy atom. The molecule has 14 rings (SSSR count).